The molecule has 0 radical (unpaired) electrons. The highest BCUT2D eigenvalue weighted by atomic mass is 16.5. The van der Waals surface area contributed by atoms with E-state index in [4.69, 9.17) is 4.74 Å². The lowest BCUT2D eigenvalue weighted by atomic mass is 10.1. The molecule has 90 valence electrons. The fraction of sp³-hybridized carbons (Fsp3) is 0.667. The summed E-state index contributed by atoms with van der Waals surface area (Å²) in [7, 11) is 0. The number of aryl methyl sites for hydroxylation is 2. The number of nitrogens with zero attached hydrogens (tertiary/aromatic N) is 2. The van der Waals surface area contributed by atoms with E-state index in [1.54, 1.807) is 0 Å². The van der Waals surface area contributed by atoms with Gasteiger partial charge in [-0.1, -0.05) is 0 Å². The van der Waals surface area contributed by atoms with E-state index in [0.717, 1.165) is 11.4 Å². The summed E-state index contributed by atoms with van der Waals surface area (Å²) in [5.74, 6) is 0.672. The third-order valence-electron chi connectivity index (χ3n) is 2.19. The molecule has 0 aliphatic carbocycles. The Morgan fingerprint density at radius 3 is 2.31 bits per heavy atom. The number of aromatic nitrogens is 2. The molecule has 0 amide bonds. The molecule has 1 aromatic heterocycles. The monoisotopic (exact) mass is 223 g/mol. The third-order valence-corrected chi connectivity index (χ3v) is 2.19. The molecular weight excluding hydrogens is 202 g/mol. The number of anilines is 1. The van der Waals surface area contributed by atoms with Gasteiger partial charge in [-0.15, -0.1) is 0 Å². The molecule has 0 saturated carbocycles. The van der Waals surface area contributed by atoms with E-state index >= 15 is 0 Å². The van der Waals surface area contributed by atoms with Gasteiger partial charge in [0.2, 0.25) is 5.95 Å². The minimum absolute atomic E-state index is 0.199. The zero-order valence-electron chi connectivity index (χ0n) is 10.8. The van der Waals surface area contributed by atoms with Crippen molar-refractivity contribution < 1.29 is 4.74 Å². The largest absolute Gasteiger partial charge is 0.374 e. The SMILES string of the molecule is CCOC(C)(C)CNc1nc(C)cc(C)n1. The number of hydrogen-bond acceptors (Lipinski definition) is 4. The zero-order valence-corrected chi connectivity index (χ0v) is 10.8. The maximum absolute atomic E-state index is 5.59. The standard InChI is InChI=1S/C12H21N3O/c1-6-16-12(4,5)8-13-11-14-9(2)7-10(3)15-11/h7H,6,8H2,1-5H3,(H,13,14,15). The topological polar surface area (TPSA) is 47.0 Å². The van der Waals surface area contributed by atoms with Crippen molar-refractivity contribution in [2.45, 2.75) is 40.2 Å². The maximum Gasteiger partial charge on any atom is 0.223 e. The van der Waals surface area contributed by atoms with Crippen LogP contribution in [-0.2, 0) is 4.74 Å². The summed E-state index contributed by atoms with van der Waals surface area (Å²) in [6.45, 7) is 11.4. The molecule has 4 nitrogen and oxygen atoms in total. The van der Waals surface area contributed by atoms with Crippen LogP contribution in [0.3, 0.4) is 0 Å². The van der Waals surface area contributed by atoms with Crippen LogP contribution in [0.25, 0.3) is 0 Å². The highest BCUT2D eigenvalue weighted by Crippen LogP contribution is 2.10. The summed E-state index contributed by atoms with van der Waals surface area (Å²) >= 11 is 0. The molecule has 0 spiro atoms. The van der Waals surface area contributed by atoms with Gasteiger partial charge in [0.25, 0.3) is 0 Å². The minimum atomic E-state index is -0.199. The molecular formula is C12H21N3O. The molecule has 0 aliphatic rings. The van der Waals surface area contributed by atoms with Gasteiger partial charge in [0.1, 0.15) is 0 Å². The summed E-state index contributed by atoms with van der Waals surface area (Å²) in [5, 5.41) is 3.20. The molecule has 1 rings (SSSR count). The summed E-state index contributed by atoms with van der Waals surface area (Å²) in [6.07, 6.45) is 0. The van der Waals surface area contributed by atoms with Crippen LogP contribution in [0.1, 0.15) is 32.2 Å². The summed E-state index contributed by atoms with van der Waals surface area (Å²) in [6, 6.07) is 1.96. The Labute approximate surface area is 97.5 Å². The summed E-state index contributed by atoms with van der Waals surface area (Å²) < 4.78 is 5.59. The first-order valence-corrected chi connectivity index (χ1v) is 5.63. The van der Waals surface area contributed by atoms with Crippen LogP contribution in [0.5, 0.6) is 0 Å². The highest BCUT2D eigenvalue weighted by Gasteiger charge is 2.17. The van der Waals surface area contributed by atoms with Crippen molar-refractivity contribution in [3.8, 4) is 0 Å². The Balaban J connectivity index is 2.60. The highest BCUT2D eigenvalue weighted by molar-refractivity contribution is 5.28. The second kappa shape index (κ2) is 5.25. The first-order valence-electron chi connectivity index (χ1n) is 5.63. The Morgan fingerprint density at radius 1 is 1.25 bits per heavy atom. The van der Waals surface area contributed by atoms with Gasteiger partial charge < -0.3 is 10.1 Å². The molecule has 1 N–H and O–H groups in total. The molecule has 0 aromatic carbocycles. The summed E-state index contributed by atoms with van der Waals surface area (Å²) in [5.41, 5.74) is 1.75. The fourth-order valence-corrected chi connectivity index (χ4v) is 1.54. The number of ether oxygens (including phenoxy) is 1. The van der Waals surface area contributed by atoms with Crippen molar-refractivity contribution in [1.29, 1.82) is 0 Å². The molecule has 0 aliphatic heterocycles. The van der Waals surface area contributed by atoms with Crippen LogP contribution >= 0.6 is 0 Å². The first-order chi connectivity index (χ1) is 7.43. The molecule has 16 heavy (non-hydrogen) atoms. The van der Waals surface area contributed by atoms with Crippen LogP contribution in [-0.4, -0.2) is 28.7 Å². The van der Waals surface area contributed by atoms with Crippen molar-refractivity contribution in [3.05, 3.63) is 17.5 Å². The average Bonchev–Trinajstić information content (AvgIpc) is 2.13. The van der Waals surface area contributed by atoms with Crippen LogP contribution in [0.2, 0.25) is 0 Å². The second-order valence-electron chi connectivity index (χ2n) is 4.52. The number of rotatable bonds is 5. The van der Waals surface area contributed by atoms with Crippen molar-refractivity contribution >= 4 is 5.95 Å². The van der Waals surface area contributed by atoms with Gasteiger partial charge in [0.15, 0.2) is 0 Å². The van der Waals surface area contributed by atoms with Gasteiger partial charge in [-0.3, -0.25) is 0 Å². The maximum atomic E-state index is 5.59. The molecule has 0 unspecified atom stereocenters. The Bertz CT molecular complexity index is 330. The lowest BCUT2D eigenvalue weighted by molar-refractivity contribution is 0.000576. The molecule has 1 aromatic rings. The molecule has 0 atom stereocenters. The Hall–Kier alpha value is -1.16. The van der Waals surface area contributed by atoms with Crippen molar-refractivity contribution in [2.75, 3.05) is 18.5 Å². The zero-order chi connectivity index (χ0) is 12.2. The van der Waals surface area contributed by atoms with E-state index in [1.807, 2.05) is 40.7 Å². The molecule has 0 fully saturated rings. The number of hydrogen-bond donors (Lipinski definition) is 1. The van der Waals surface area contributed by atoms with Gasteiger partial charge >= 0.3 is 0 Å². The van der Waals surface area contributed by atoms with Crippen molar-refractivity contribution in [1.82, 2.24) is 9.97 Å². The smallest absolute Gasteiger partial charge is 0.223 e. The van der Waals surface area contributed by atoms with Crippen LogP contribution in [0, 0.1) is 13.8 Å². The van der Waals surface area contributed by atoms with E-state index in [9.17, 15) is 0 Å². The molecule has 0 saturated heterocycles. The van der Waals surface area contributed by atoms with Gasteiger partial charge in [-0.05, 0) is 40.7 Å². The van der Waals surface area contributed by atoms with E-state index < -0.39 is 0 Å². The van der Waals surface area contributed by atoms with E-state index in [2.05, 4.69) is 15.3 Å². The van der Waals surface area contributed by atoms with Gasteiger partial charge in [-0.25, -0.2) is 9.97 Å². The van der Waals surface area contributed by atoms with Crippen LogP contribution in [0.15, 0.2) is 6.07 Å². The van der Waals surface area contributed by atoms with E-state index in [-0.39, 0.29) is 5.60 Å². The van der Waals surface area contributed by atoms with Crippen molar-refractivity contribution in [2.24, 2.45) is 0 Å². The Morgan fingerprint density at radius 2 is 1.81 bits per heavy atom. The first kappa shape index (κ1) is 12.9. The van der Waals surface area contributed by atoms with E-state index in [0.29, 0.717) is 19.1 Å². The quantitative estimate of drug-likeness (QED) is 0.832. The predicted molar refractivity (Wildman–Crippen MR) is 65.7 cm³/mol. The van der Waals surface area contributed by atoms with Gasteiger partial charge in [0.05, 0.1) is 5.60 Å². The normalized spacial score (nSPS) is 11.6. The van der Waals surface area contributed by atoms with Crippen molar-refractivity contribution in [3.63, 3.8) is 0 Å². The lowest BCUT2D eigenvalue weighted by Crippen LogP contribution is -2.33. The third kappa shape index (κ3) is 4.14. The lowest BCUT2D eigenvalue weighted by Gasteiger charge is -2.24. The van der Waals surface area contributed by atoms with E-state index in [1.165, 1.54) is 0 Å². The second-order valence-corrected chi connectivity index (χ2v) is 4.52. The average molecular weight is 223 g/mol. The fourth-order valence-electron chi connectivity index (χ4n) is 1.54. The predicted octanol–water partition coefficient (Wildman–Crippen LogP) is 2.32. The van der Waals surface area contributed by atoms with Gasteiger partial charge in [-0.2, -0.15) is 0 Å². The molecule has 0 bridgehead atoms. The summed E-state index contributed by atoms with van der Waals surface area (Å²) in [4.78, 5) is 8.64. The molecule has 1 heterocycles. The van der Waals surface area contributed by atoms with Crippen LogP contribution < -0.4 is 5.32 Å². The molecule has 4 heteroatoms. The minimum Gasteiger partial charge on any atom is -0.374 e. The van der Waals surface area contributed by atoms with Gasteiger partial charge in [0, 0.05) is 24.5 Å². The number of nitrogens with one attached hydrogen (secondary N) is 1. The Kier molecular flexibility index (Phi) is 4.24. The van der Waals surface area contributed by atoms with Crippen LogP contribution in [0.4, 0.5) is 5.95 Å².